The molecule has 11 N–H and O–H groups in total. The van der Waals surface area contributed by atoms with Crippen LogP contribution in [0.2, 0.25) is 0 Å². The molecular formula is C98H128F6N20O13S5. The number of aromatic nitrogens is 8. The molecule has 5 saturated heterocycles. The van der Waals surface area contributed by atoms with Crippen LogP contribution < -0.4 is 42.5 Å². The Balaban J connectivity index is 0.000000150. The fourth-order valence-electron chi connectivity index (χ4n) is 18.2. The molecule has 4 aliphatic carbocycles. The number of carbonyl (C=O) groups excluding carboxylic acids is 8. The number of hydrogen-bond acceptors (Lipinski definition) is 29. The molecule has 8 aromatic heterocycles. The zero-order chi connectivity index (χ0) is 103. The number of rotatable bonds is 28. The summed E-state index contributed by atoms with van der Waals surface area (Å²) in [6, 6.07) is 5.65. The van der Waals surface area contributed by atoms with Crippen molar-refractivity contribution in [1.29, 1.82) is 0 Å². The van der Waals surface area contributed by atoms with Gasteiger partial charge in [0.2, 0.25) is 0 Å². The van der Waals surface area contributed by atoms with E-state index in [0.29, 0.717) is 117 Å². The van der Waals surface area contributed by atoms with Gasteiger partial charge in [0.05, 0.1) is 74.0 Å². The third-order valence-corrected chi connectivity index (χ3v) is 32.9. The van der Waals surface area contributed by atoms with Crippen molar-refractivity contribution in [3.63, 3.8) is 0 Å². The lowest BCUT2D eigenvalue weighted by atomic mass is 9.77. The van der Waals surface area contributed by atoms with Crippen molar-refractivity contribution in [2.75, 3.05) is 72.0 Å². The SMILES string of the molecule is CC[C@@H](C)Nc1cc(C)c(-c2sc(C(=O)NC3CC(O)C3)nc2C(=O)N2CC(F)(F)C[C@@H]2C)cn1.CC[C@H](Nc1cc(C)c(-c2sc(C(=O)NCC3(O)CC3)nc2C(=O)N2CCC[C@@H]2C)cn1)C1CC1.Cc1cc(NC(C)C)ncc1-c1sc(C(=O)NC2CC(C)(O)C2)nc1C(=O)N1CC(F)(F)C[C@@H]1C.Cc1cc(NCC(C)(C)C)ncc1-c1sc(C(=O)NC2CS(=O)(=O)C2)nc1C(=O)N1CC(F)(F)C[C@@H]1C. The molecule has 6 atom stereocenters. The van der Waals surface area contributed by atoms with E-state index in [0.717, 1.165) is 114 Å². The predicted molar refractivity (Wildman–Crippen MR) is 535 cm³/mol. The van der Waals surface area contributed by atoms with E-state index in [1.54, 1.807) is 52.5 Å². The monoisotopic (exact) mass is 2070 g/mol. The van der Waals surface area contributed by atoms with Crippen molar-refractivity contribution in [3.05, 3.63) is 114 Å². The molecule has 8 aromatic rings. The molecule has 17 rings (SSSR count). The Bertz CT molecular complexity index is 6170. The van der Waals surface area contributed by atoms with Crippen molar-refractivity contribution >= 4 is 126 Å². The van der Waals surface area contributed by atoms with E-state index in [1.807, 2.05) is 77.6 Å². The van der Waals surface area contributed by atoms with E-state index >= 15 is 0 Å². The van der Waals surface area contributed by atoms with E-state index in [4.69, 9.17) is 0 Å². The minimum absolute atomic E-state index is 0.0223. The molecule has 770 valence electrons. The fraction of sp³-hybridized carbons (Fsp3) is 0.592. The standard InChI is InChI=1S/C26H35N5O3S.C24H31F2N5O4S2.2C24H31F2N5O3S/c1-4-19(17-7-8-17)29-20-12-15(2)18(13-27-20)22-21(25(33)31-11-5-6-16(31)3)30-24(35-22)23(32)28-14-26(34)9-10-26;1-13-6-17(28-11-23(3,4)5)27-8-16(13)19-18(22(33)31-12-24(25,26)7-14(31)2)30-21(36-19)20(32)29-15-9-37(34,35)10-15;1-12(2)28-17-6-13(3)16(10-27-17)19-18(22(33)31-11-24(25,26)7-14(31)4)30-21(35-19)20(32)29-15-8-23(5,34)9-15;1-5-13(3)28-18-6-12(2)17(10-27-18)20-19(23(34)31-11-24(25,26)9-14(31)4)30-22(35-20)21(33)29-15-7-16(32)8-15/h12-13,16-17,19,34H,4-11,14H2,1-3H3,(H,27,29)(H,28,32);6,8,14-15H,7,9-12H2,1-5H3,(H,27,28)(H,29,32);6,10,12,14-15,34H,7-9,11H2,1-5H3,(H,27,28)(H,29,32);6,10,13-16,32H,5,7-9,11H2,1-4H3,(H,27,28)(H,29,33)/t16-,19-;14-;14-,15?,23?;13-,14+,15?,16?/m0001/s1. The number of nitrogens with zero attached hydrogens (tertiary/aromatic N) is 12. The number of likely N-dealkylation sites (tertiary alicyclic amines) is 4. The number of amides is 8. The van der Waals surface area contributed by atoms with E-state index in [1.165, 1.54) is 24.2 Å². The molecule has 0 radical (unpaired) electrons. The first-order chi connectivity index (χ1) is 66.5. The van der Waals surface area contributed by atoms with Crippen LogP contribution in [0.1, 0.15) is 290 Å². The summed E-state index contributed by atoms with van der Waals surface area (Å²) in [4.78, 5) is 148. The molecule has 0 spiro atoms. The van der Waals surface area contributed by atoms with Crippen LogP contribution in [0.25, 0.3) is 41.8 Å². The van der Waals surface area contributed by atoms with Crippen LogP contribution in [0.15, 0.2) is 49.1 Å². The minimum Gasteiger partial charge on any atom is -0.393 e. The number of carbonyl (C=O) groups is 8. The van der Waals surface area contributed by atoms with E-state index in [2.05, 4.69) is 124 Å². The lowest BCUT2D eigenvalue weighted by Gasteiger charge is -2.40. The van der Waals surface area contributed by atoms with Crippen LogP contribution in [-0.4, -0.2) is 277 Å². The average molecular weight is 2070 g/mol. The van der Waals surface area contributed by atoms with Crippen LogP contribution in [0.4, 0.5) is 49.6 Å². The van der Waals surface area contributed by atoms with Gasteiger partial charge in [0.15, 0.2) is 29.9 Å². The topological polar surface area (TPSA) is 444 Å². The van der Waals surface area contributed by atoms with Crippen molar-refractivity contribution in [3.8, 4) is 41.8 Å². The first-order valence-electron chi connectivity index (χ1n) is 48.4. The molecular weight excluding hydrogens is 1940 g/mol. The van der Waals surface area contributed by atoms with Gasteiger partial charge in [0.25, 0.3) is 65.0 Å². The number of anilines is 4. The molecule has 0 unspecified atom stereocenters. The first-order valence-corrected chi connectivity index (χ1v) is 53.5. The van der Waals surface area contributed by atoms with Crippen molar-refractivity contribution in [1.82, 2.24) is 80.7 Å². The predicted octanol–water partition coefficient (Wildman–Crippen LogP) is 15.1. The van der Waals surface area contributed by atoms with Crippen LogP contribution >= 0.6 is 45.3 Å². The van der Waals surface area contributed by atoms with E-state index < -0.39 is 143 Å². The van der Waals surface area contributed by atoms with Crippen LogP contribution in [-0.2, 0) is 9.84 Å². The lowest BCUT2D eigenvalue weighted by Crippen LogP contribution is -2.53. The van der Waals surface area contributed by atoms with Gasteiger partial charge >= 0.3 is 0 Å². The number of halogens is 6. The van der Waals surface area contributed by atoms with Gasteiger partial charge in [-0.3, -0.25) is 38.4 Å². The second-order valence-electron chi connectivity index (χ2n) is 41.5. The fourth-order valence-corrected chi connectivity index (χ4v) is 23.7. The molecule has 9 fully saturated rings. The van der Waals surface area contributed by atoms with Gasteiger partial charge in [-0.2, -0.15) is 0 Å². The normalized spacial score (nSPS) is 23.0. The Hall–Kier alpha value is -10.5. The molecule has 33 nitrogen and oxygen atoms in total. The molecule has 0 aromatic carbocycles. The molecule has 8 amide bonds. The molecule has 13 heterocycles. The summed E-state index contributed by atoms with van der Waals surface area (Å²) in [5.74, 6) is -9.63. The second kappa shape index (κ2) is 42.7. The second-order valence-corrected chi connectivity index (χ2v) is 47.7. The van der Waals surface area contributed by atoms with Gasteiger partial charge in [-0.15, -0.1) is 45.3 Å². The zero-order valence-corrected chi connectivity index (χ0v) is 87.0. The Morgan fingerprint density at radius 2 is 0.859 bits per heavy atom. The summed E-state index contributed by atoms with van der Waals surface area (Å²) in [6.45, 7) is 32.1. The summed E-state index contributed by atoms with van der Waals surface area (Å²) < 4.78 is 107. The third-order valence-electron chi connectivity index (χ3n) is 26.7. The van der Waals surface area contributed by atoms with Gasteiger partial charge in [-0.1, -0.05) is 34.6 Å². The van der Waals surface area contributed by atoms with Crippen molar-refractivity contribution in [2.45, 2.75) is 310 Å². The highest BCUT2D eigenvalue weighted by Crippen LogP contribution is 2.46. The number of nitrogens with one attached hydrogen (secondary N) is 8. The largest absolute Gasteiger partial charge is 0.393 e. The van der Waals surface area contributed by atoms with Gasteiger partial charge in [-0.25, -0.2) is 74.6 Å². The maximum absolute atomic E-state index is 14.1. The summed E-state index contributed by atoms with van der Waals surface area (Å²) in [6.07, 6.45) is 14.5. The number of alkyl halides is 6. The third kappa shape index (κ3) is 26.2. The maximum atomic E-state index is 14.1. The Labute approximate surface area is 838 Å². The van der Waals surface area contributed by atoms with Crippen molar-refractivity contribution < 1.29 is 88.4 Å². The molecule has 0 bridgehead atoms. The molecule has 9 aliphatic rings. The zero-order valence-electron chi connectivity index (χ0n) is 82.9. The number of hydrogen-bond donors (Lipinski definition) is 11. The van der Waals surface area contributed by atoms with E-state index in [-0.39, 0.29) is 103 Å². The van der Waals surface area contributed by atoms with Gasteiger partial charge in [0.1, 0.15) is 46.0 Å². The highest BCUT2D eigenvalue weighted by atomic mass is 32.2. The number of aliphatic hydroxyl groups excluding tert-OH is 1. The lowest BCUT2D eigenvalue weighted by molar-refractivity contribution is -0.0367. The number of aliphatic hydroxyl groups is 3. The van der Waals surface area contributed by atoms with Gasteiger partial charge < -0.3 is 77.5 Å². The minimum atomic E-state index is -3.15. The van der Waals surface area contributed by atoms with Crippen LogP contribution in [0.3, 0.4) is 0 Å². The quantitative estimate of drug-likeness (QED) is 0.0203. The Kier molecular flexibility index (Phi) is 32.2. The molecule has 5 aliphatic heterocycles. The molecule has 4 saturated carbocycles. The molecule has 142 heavy (non-hydrogen) atoms. The number of thiazole rings is 4. The maximum Gasteiger partial charge on any atom is 0.280 e. The highest BCUT2D eigenvalue weighted by Gasteiger charge is 2.51. The number of sulfone groups is 1. The van der Waals surface area contributed by atoms with Gasteiger partial charge in [-0.05, 0) is 218 Å². The van der Waals surface area contributed by atoms with Crippen molar-refractivity contribution in [2.24, 2.45) is 11.3 Å². The first kappa shape index (κ1) is 107. The Morgan fingerprint density at radius 1 is 0.493 bits per heavy atom. The summed E-state index contributed by atoms with van der Waals surface area (Å²) >= 11 is 4.26. The highest BCUT2D eigenvalue weighted by molar-refractivity contribution is 7.92. The van der Waals surface area contributed by atoms with Crippen LogP contribution in [0, 0.1) is 39.0 Å². The van der Waals surface area contributed by atoms with E-state index in [9.17, 15) is 88.4 Å². The summed E-state index contributed by atoms with van der Waals surface area (Å²) in [5.41, 5.74) is 4.59. The Morgan fingerprint density at radius 3 is 1.18 bits per heavy atom. The number of aryl methyl sites for hydroxylation is 4. The van der Waals surface area contributed by atoms with Crippen LogP contribution in [0.5, 0.6) is 0 Å². The van der Waals surface area contributed by atoms with Gasteiger partial charge in [0, 0.05) is 140 Å². The molecule has 44 heteroatoms. The summed E-state index contributed by atoms with van der Waals surface area (Å²) in [7, 11) is -3.15. The number of pyridine rings is 4. The average Bonchev–Trinajstić information content (AvgIpc) is 1.63. The smallest absolute Gasteiger partial charge is 0.280 e. The summed E-state index contributed by atoms with van der Waals surface area (Å²) in [5, 5.41) is 54.3.